The number of rotatable bonds is 5. The molecule has 3 rings (SSSR count). The molecular formula is C65H164N12O13. The summed E-state index contributed by atoms with van der Waals surface area (Å²) in [6.45, 7) is 70.4. The molecule has 1 aliphatic rings. The second-order valence-corrected chi connectivity index (χ2v) is 16.1. The van der Waals surface area contributed by atoms with Gasteiger partial charge < -0.3 is 129 Å². The van der Waals surface area contributed by atoms with Crippen molar-refractivity contribution < 1.29 is 62.6 Å². The molecule has 1 heterocycles. The van der Waals surface area contributed by atoms with Crippen molar-refractivity contribution in [1.82, 2.24) is 54.1 Å². The van der Waals surface area contributed by atoms with Crippen LogP contribution in [-0.4, -0.2) is 131 Å². The van der Waals surface area contributed by atoms with E-state index in [9.17, 15) is 4.79 Å². The molecule has 0 saturated carbocycles. The van der Waals surface area contributed by atoms with E-state index in [1.165, 1.54) is 77.2 Å². The van der Waals surface area contributed by atoms with Crippen LogP contribution in [-0.2, 0) is 64.0 Å². The van der Waals surface area contributed by atoms with E-state index < -0.39 is 0 Å². The number of amides is 1. The average Bonchev–Trinajstić information content (AvgIpc) is 3.55. The third-order valence-corrected chi connectivity index (χ3v) is 7.26. The van der Waals surface area contributed by atoms with Gasteiger partial charge in [-0.2, -0.15) is 0 Å². The van der Waals surface area contributed by atoms with Gasteiger partial charge in [0, 0.05) is 26.1 Å². The molecule has 2 aromatic carbocycles. The summed E-state index contributed by atoms with van der Waals surface area (Å²) in [5.41, 5.74) is 16.2. The van der Waals surface area contributed by atoms with Gasteiger partial charge in [0.25, 0.3) is 0 Å². The van der Waals surface area contributed by atoms with Crippen LogP contribution >= 0.6 is 0 Å². The third kappa shape index (κ3) is 528. The predicted molar refractivity (Wildman–Crippen MR) is 402 cm³/mol. The molecule has 1 fully saturated rings. The Labute approximate surface area is 558 Å². The van der Waals surface area contributed by atoms with Gasteiger partial charge in [0.1, 0.15) is 74.7 Å². The van der Waals surface area contributed by atoms with Crippen LogP contribution in [0.4, 0.5) is 0 Å². The highest BCUT2D eigenvalue weighted by Gasteiger charge is 2.11. The highest BCUT2D eigenvalue weighted by Crippen LogP contribution is 2.07. The van der Waals surface area contributed by atoms with Gasteiger partial charge in [-0.05, 0) is 103 Å². The van der Waals surface area contributed by atoms with E-state index in [0.717, 1.165) is 49.1 Å². The maximum absolute atomic E-state index is 10.7. The molecule has 0 spiro atoms. The first-order valence-electron chi connectivity index (χ1n) is 27.1. The Bertz CT molecular complexity index is 1040. The molecule has 1 amide bonds. The average molecular weight is 1320 g/mol. The second kappa shape index (κ2) is 289. The van der Waals surface area contributed by atoms with Crippen LogP contribution in [0.15, 0.2) is 60.7 Å². The molecule has 25 nitrogen and oxygen atoms in total. The lowest BCUT2D eigenvalue weighted by Crippen LogP contribution is -2.33. The largest absolute Gasteiger partial charge is 0.394 e. The Morgan fingerprint density at radius 2 is 0.533 bits per heavy atom. The van der Waals surface area contributed by atoms with Gasteiger partial charge in [0.15, 0.2) is 0 Å². The Morgan fingerprint density at radius 3 is 0.611 bits per heavy atom. The summed E-state index contributed by atoms with van der Waals surface area (Å²) < 4.78 is 0. The highest BCUT2D eigenvalue weighted by molar-refractivity contribution is 5.73. The molecule has 0 unspecified atom stereocenters. The molecule has 2 aromatic rings. The topological polar surface area (TPSA) is 586 Å². The smallest absolute Gasteiger partial charge is 0.219 e. The fourth-order valence-corrected chi connectivity index (χ4v) is 2.46. The molecule has 0 aliphatic carbocycles. The Balaban J connectivity index is -0.0000000163. The minimum Gasteiger partial charge on any atom is -0.394 e. The highest BCUT2D eigenvalue weighted by atomic mass is 16.3. The maximum atomic E-state index is 10.7. The van der Waals surface area contributed by atoms with Crippen LogP contribution in [0.1, 0.15) is 201 Å². The van der Waals surface area contributed by atoms with Crippen molar-refractivity contribution in [2.45, 2.75) is 210 Å². The number of aliphatic hydroxyl groups is 1. The van der Waals surface area contributed by atoms with Gasteiger partial charge in [-0.1, -0.05) is 217 Å². The zero-order valence-electron chi connectivity index (χ0n) is 63.8. The summed E-state index contributed by atoms with van der Waals surface area (Å²) in [4.78, 5) is 101. The van der Waals surface area contributed by atoms with Gasteiger partial charge in [0.2, 0.25) is 5.91 Å². The number of piperidine rings is 1. The number of carbonyl (C=O) groups excluding carboxylic acids is 12. The molecule has 31 N–H and O–H groups in total. The van der Waals surface area contributed by atoms with E-state index >= 15 is 0 Å². The molecule has 90 heavy (non-hydrogen) atoms. The zero-order valence-corrected chi connectivity index (χ0v) is 63.8. The second-order valence-electron chi connectivity index (χ2n) is 16.1. The fraction of sp³-hybridized carbons (Fsp3) is 0.631. The van der Waals surface area contributed by atoms with Crippen molar-refractivity contribution in [1.29, 1.82) is 0 Å². The minimum atomic E-state index is -0.167. The molecule has 0 radical (unpaired) electrons. The molecule has 0 atom stereocenters. The van der Waals surface area contributed by atoms with Crippen molar-refractivity contribution in [3.8, 4) is 0 Å². The summed E-state index contributed by atoms with van der Waals surface area (Å²) >= 11 is 0. The fourth-order valence-electron chi connectivity index (χ4n) is 2.46. The van der Waals surface area contributed by atoms with E-state index in [1.54, 1.807) is 20.8 Å². The molecule has 562 valence electrons. The van der Waals surface area contributed by atoms with E-state index in [0.29, 0.717) is 0 Å². The van der Waals surface area contributed by atoms with E-state index in [4.69, 9.17) is 57.8 Å². The monoisotopic (exact) mass is 1320 g/mol. The summed E-state index contributed by atoms with van der Waals surface area (Å²) in [5.74, 6) is 4.60. The van der Waals surface area contributed by atoms with Gasteiger partial charge in [0.05, 0.1) is 0 Å². The van der Waals surface area contributed by atoms with E-state index in [-0.39, 0.29) is 61.2 Å². The Kier molecular flexibility index (Phi) is 614. The van der Waals surface area contributed by atoms with E-state index in [2.05, 4.69) is 171 Å². The quantitative estimate of drug-likeness (QED) is 0.132. The van der Waals surface area contributed by atoms with Crippen LogP contribution in [0.25, 0.3) is 0 Å². The number of benzene rings is 2. The summed E-state index contributed by atoms with van der Waals surface area (Å²) in [6, 6.07) is 20.7. The number of hydrogen-bond donors (Lipinski definition) is 12. The number of likely N-dealkylation sites (tertiary alicyclic amines) is 1. The van der Waals surface area contributed by atoms with Crippen molar-refractivity contribution in [3.63, 3.8) is 0 Å². The lowest BCUT2D eigenvalue weighted by molar-refractivity contribution is -0.129. The maximum Gasteiger partial charge on any atom is 0.219 e. The number of aryl methyl sites for hydroxylation is 2. The number of carbonyl (C=O) groups is 12. The number of hydrogen-bond acceptors (Lipinski definition) is 24. The summed E-state index contributed by atoms with van der Waals surface area (Å²) in [6.07, 6.45) is 9.88. The molecular weight excluding hydrogens is 1160 g/mol. The summed E-state index contributed by atoms with van der Waals surface area (Å²) in [5, 5.41) is 8.06. The lowest BCUT2D eigenvalue weighted by Gasteiger charge is -2.24. The van der Waals surface area contributed by atoms with Crippen molar-refractivity contribution in [2.24, 2.45) is 46.8 Å². The Hall–Kier alpha value is -6.20. The normalized spacial score (nSPS) is 7.17. The van der Waals surface area contributed by atoms with Crippen LogP contribution in [0, 0.1) is 36.5 Å². The minimum absolute atomic E-state index is 0. The van der Waals surface area contributed by atoms with Crippen LogP contribution in [0.5, 0.6) is 0 Å². The number of nitrogens with two attached hydrogens (primary N) is 3. The van der Waals surface area contributed by atoms with Crippen LogP contribution < -0.4 is 66.4 Å². The van der Waals surface area contributed by atoms with Gasteiger partial charge in [-0.3, -0.25) is 4.79 Å². The third-order valence-electron chi connectivity index (χ3n) is 7.26. The van der Waals surface area contributed by atoms with Crippen LogP contribution in [0.2, 0.25) is 0 Å². The standard InChI is InChI=1S/C8H10.C7H13NO.C7H8.4C5H12.C4H10.C3H8O.C2H6.3CH5N.11CH2O.8H3N/c1-2-8-6-4-3-5-7-8;1-7(9)8-5-3-2-4-6-8;1-7-5-3-2-4-6-7;4*1-4-5(2)3;1-4(2)3;1-3(2)4;15*1-2;;;;;;;;/h3-7H,2H2,1H3;2-6H2,1H3;2-6H,1H3;4*5H,4H2,1-3H3;4H,1-3H3;3-4H,1-2H3;1-2H3;3*2H2,1H3;11*1H2;8*1H3. The molecule has 0 bridgehead atoms. The van der Waals surface area contributed by atoms with Crippen molar-refractivity contribution in [2.75, 3.05) is 34.2 Å². The van der Waals surface area contributed by atoms with Gasteiger partial charge >= 0.3 is 0 Å². The first kappa shape index (κ1) is 191. The van der Waals surface area contributed by atoms with Gasteiger partial charge in [-0.15, -0.1) is 0 Å². The number of aliphatic hydroxyl groups excluding tert-OH is 1. The number of nitrogens with zero attached hydrogens (tertiary/aromatic N) is 1. The molecule has 25 heteroatoms. The molecule has 0 aromatic heterocycles. The summed E-state index contributed by atoms with van der Waals surface area (Å²) in [7, 11) is 4.50. The Morgan fingerprint density at radius 1 is 0.389 bits per heavy atom. The SMILES string of the molecule is C=O.C=O.C=O.C=O.C=O.C=O.C=O.C=O.C=O.C=O.C=O.CC.CC(=O)N1CCCCC1.CC(C)C.CC(C)O.CCC(C)C.CCC(C)C.CCC(C)C.CCC(C)C.CCc1ccccc1.CN.CN.CN.Cc1ccccc1.N.N.N.N.N.N.N.N. The zero-order chi connectivity index (χ0) is 71.9. The van der Waals surface area contributed by atoms with Crippen molar-refractivity contribution in [3.05, 3.63) is 71.8 Å². The predicted octanol–water partition coefficient (Wildman–Crippen LogP) is 14.5. The molecule has 1 aliphatic heterocycles. The van der Waals surface area contributed by atoms with Gasteiger partial charge in [-0.25, -0.2) is 0 Å². The van der Waals surface area contributed by atoms with Crippen LogP contribution in [0.3, 0.4) is 0 Å². The lowest BCUT2D eigenvalue weighted by atomic mass is 10.1. The molecule has 1 saturated heterocycles. The van der Waals surface area contributed by atoms with E-state index in [1.807, 2.05) is 118 Å². The van der Waals surface area contributed by atoms with Crippen molar-refractivity contribution >= 4 is 80.6 Å². The first-order chi connectivity index (χ1) is 39.2. The first-order valence-corrected chi connectivity index (χ1v) is 27.1.